The quantitative estimate of drug-likeness (QED) is 0.487. The van der Waals surface area contributed by atoms with E-state index in [1.807, 2.05) is 38.1 Å². The van der Waals surface area contributed by atoms with Gasteiger partial charge in [-0.25, -0.2) is 4.79 Å². The van der Waals surface area contributed by atoms with E-state index in [9.17, 15) is 14.4 Å². The van der Waals surface area contributed by atoms with Crippen LogP contribution in [0.25, 0.3) is 0 Å². The van der Waals surface area contributed by atoms with Gasteiger partial charge in [0.25, 0.3) is 5.56 Å². The minimum absolute atomic E-state index is 0.0109. The standard InChI is InChI=1S/C20H27BrN4O4S/c1-13(2)12-25-18(22)17(19(27)23-20(25)28)24(9-10-29-3)16(26)8-11-30-15-7-5-4-6-14(15)21/h4-7,13H,8-12,22H2,1-3H3,(H,23,27,28). The highest BCUT2D eigenvalue weighted by Gasteiger charge is 2.24. The average Bonchev–Trinajstić information content (AvgIpc) is 2.68. The summed E-state index contributed by atoms with van der Waals surface area (Å²) in [5.74, 6) is 0.375. The lowest BCUT2D eigenvalue weighted by atomic mass is 10.2. The van der Waals surface area contributed by atoms with Crippen molar-refractivity contribution in [2.75, 3.05) is 36.6 Å². The van der Waals surface area contributed by atoms with Crippen molar-refractivity contribution in [3.63, 3.8) is 0 Å². The summed E-state index contributed by atoms with van der Waals surface area (Å²) in [5, 5.41) is 0. The van der Waals surface area contributed by atoms with Crippen LogP contribution in [-0.4, -0.2) is 41.5 Å². The number of aromatic amines is 1. The van der Waals surface area contributed by atoms with Gasteiger partial charge in [-0.3, -0.25) is 19.1 Å². The summed E-state index contributed by atoms with van der Waals surface area (Å²) in [4.78, 5) is 42.4. The Hall–Kier alpha value is -2.04. The van der Waals surface area contributed by atoms with Gasteiger partial charge in [-0.2, -0.15) is 0 Å². The van der Waals surface area contributed by atoms with Crippen LogP contribution < -0.4 is 21.9 Å². The largest absolute Gasteiger partial charge is 0.383 e. The molecule has 1 aromatic heterocycles. The lowest BCUT2D eigenvalue weighted by Gasteiger charge is -2.24. The topological polar surface area (TPSA) is 110 Å². The Morgan fingerprint density at radius 1 is 1.33 bits per heavy atom. The van der Waals surface area contributed by atoms with E-state index >= 15 is 0 Å². The van der Waals surface area contributed by atoms with Crippen molar-refractivity contribution in [1.29, 1.82) is 0 Å². The number of carbonyl (C=O) groups excluding carboxylic acids is 1. The van der Waals surface area contributed by atoms with Gasteiger partial charge in [0.1, 0.15) is 5.82 Å². The highest BCUT2D eigenvalue weighted by atomic mass is 79.9. The molecule has 0 aliphatic carbocycles. The maximum atomic E-state index is 13.0. The van der Waals surface area contributed by atoms with Crippen LogP contribution in [0.15, 0.2) is 43.2 Å². The Morgan fingerprint density at radius 2 is 2.03 bits per heavy atom. The van der Waals surface area contributed by atoms with E-state index in [-0.39, 0.29) is 42.9 Å². The molecule has 3 N–H and O–H groups in total. The fraction of sp³-hybridized carbons (Fsp3) is 0.450. The lowest BCUT2D eigenvalue weighted by Crippen LogP contribution is -2.43. The van der Waals surface area contributed by atoms with Gasteiger partial charge in [0.2, 0.25) is 5.91 Å². The van der Waals surface area contributed by atoms with Gasteiger partial charge in [-0.1, -0.05) is 26.0 Å². The number of rotatable bonds is 10. The lowest BCUT2D eigenvalue weighted by molar-refractivity contribution is -0.118. The maximum Gasteiger partial charge on any atom is 0.330 e. The Bertz CT molecular complexity index is 990. The Balaban J connectivity index is 2.28. The molecule has 0 saturated carbocycles. The normalized spacial score (nSPS) is 11.1. The monoisotopic (exact) mass is 498 g/mol. The summed E-state index contributed by atoms with van der Waals surface area (Å²) in [6.45, 7) is 4.58. The molecular weight excluding hydrogens is 472 g/mol. The number of nitrogens with two attached hydrogens (primary N) is 1. The summed E-state index contributed by atoms with van der Waals surface area (Å²) in [5.41, 5.74) is 4.90. The van der Waals surface area contributed by atoms with Gasteiger partial charge in [-0.05, 0) is 34.0 Å². The second kappa shape index (κ2) is 11.4. The zero-order valence-electron chi connectivity index (χ0n) is 17.3. The summed E-state index contributed by atoms with van der Waals surface area (Å²) < 4.78 is 7.36. The Morgan fingerprint density at radius 3 is 2.67 bits per heavy atom. The number of nitrogen functional groups attached to an aromatic ring is 1. The molecule has 0 aliphatic rings. The van der Waals surface area contributed by atoms with E-state index in [1.54, 1.807) is 0 Å². The van der Waals surface area contributed by atoms with Crippen LogP contribution in [0.3, 0.4) is 0 Å². The predicted molar refractivity (Wildman–Crippen MR) is 124 cm³/mol. The number of aromatic nitrogens is 2. The number of amides is 1. The van der Waals surface area contributed by atoms with E-state index in [0.717, 1.165) is 9.37 Å². The molecule has 164 valence electrons. The summed E-state index contributed by atoms with van der Waals surface area (Å²) in [7, 11) is 1.51. The van der Waals surface area contributed by atoms with Gasteiger partial charge >= 0.3 is 5.69 Å². The molecule has 30 heavy (non-hydrogen) atoms. The summed E-state index contributed by atoms with van der Waals surface area (Å²) in [6, 6.07) is 7.75. The highest BCUT2D eigenvalue weighted by Crippen LogP contribution is 2.28. The molecule has 2 rings (SSSR count). The summed E-state index contributed by atoms with van der Waals surface area (Å²) >= 11 is 5.03. The van der Waals surface area contributed by atoms with Crippen molar-refractivity contribution in [3.05, 3.63) is 49.6 Å². The van der Waals surface area contributed by atoms with Gasteiger partial charge in [0.05, 0.1) is 6.61 Å². The molecule has 0 saturated heterocycles. The molecule has 2 aromatic rings. The number of nitrogens with zero attached hydrogens (tertiary/aromatic N) is 2. The van der Waals surface area contributed by atoms with Crippen molar-refractivity contribution in [2.24, 2.45) is 5.92 Å². The number of halogens is 1. The summed E-state index contributed by atoms with van der Waals surface area (Å²) in [6.07, 6.45) is 0.192. The molecule has 8 nitrogen and oxygen atoms in total. The number of methoxy groups -OCH3 is 1. The third kappa shape index (κ3) is 6.23. The minimum Gasteiger partial charge on any atom is -0.383 e. The molecule has 0 unspecified atom stereocenters. The molecular formula is C20H27BrN4O4S. The van der Waals surface area contributed by atoms with Crippen LogP contribution in [0.4, 0.5) is 11.5 Å². The zero-order valence-corrected chi connectivity index (χ0v) is 19.7. The predicted octanol–water partition coefficient (Wildman–Crippen LogP) is 2.70. The van der Waals surface area contributed by atoms with Crippen molar-refractivity contribution >= 4 is 45.1 Å². The molecule has 1 heterocycles. The molecule has 0 spiro atoms. The van der Waals surface area contributed by atoms with Crippen molar-refractivity contribution in [2.45, 2.75) is 31.7 Å². The first kappa shape index (κ1) is 24.2. The smallest absolute Gasteiger partial charge is 0.330 e. The molecule has 0 radical (unpaired) electrons. The van der Waals surface area contributed by atoms with E-state index < -0.39 is 11.2 Å². The SMILES string of the molecule is COCCN(C(=O)CCSc1ccccc1Br)c1c(N)n(CC(C)C)c(=O)[nH]c1=O. The van der Waals surface area contributed by atoms with Crippen molar-refractivity contribution in [1.82, 2.24) is 9.55 Å². The Kier molecular flexibility index (Phi) is 9.19. The number of ether oxygens (including phenoxy) is 1. The van der Waals surface area contributed by atoms with Crippen LogP contribution in [-0.2, 0) is 16.1 Å². The van der Waals surface area contributed by atoms with Gasteiger partial charge < -0.3 is 15.4 Å². The van der Waals surface area contributed by atoms with E-state index in [0.29, 0.717) is 12.3 Å². The third-order valence-electron chi connectivity index (χ3n) is 4.26. The minimum atomic E-state index is -0.680. The number of nitrogens with one attached hydrogen (secondary N) is 1. The molecule has 1 amide bonds. The Labute approximate surface area is 187 Å². The molecule has 0 bridgehead atoms. The van der Waals surface area contributed by atoms with Crippen LogP contribution >= 0.6 is 27.7 Å². The van der Waals surface area contributed by atoms with E-state index in [2.05, 4.69) is 20.9 Å². The molecule has 0 fully saturated rings. The molecule has 0 aliphatic heterocycles. The number of hydrogen-bond donors (Lipinski definition) is 2. The van der Waals surface area contributed by atoms with Crippen molar-refractivity contribution < 1.29 is 9.53 Å². The first-order valence-electron chi connectivity index (χ1n) is 9.55. The maximum absolute atomic E-state index is 13.0. The van der Waals surface area contributed by atoms with Crippen molar-refractivity contribution in [3.8, 4) is 0 Å². The van der Waals surface area contributed by atoms with E-state index in [4.69, 9.17) is 10.5 Å². The number of benzene rings is 1. The number of thioether (sulfide) groups is 1. The highest BCUT2D eigenvalue weighted by molar-refractivity contribution is 9.10. The van der Waals surface area contributed by atoms with Crippen LogP contribution in [0.2, 0.25) is 0 Å². The van der Waals surface area contributed by atoms with Crippen LogP contribution in [0, 0.1) is 5.92 Å². The van der Waals surface area contributed by atoms with Gasteiger partial charge in [-0.15, -0.1) is 11.8 Å². The molecule has 0 atom stereocenters. The number of H-pyrrole nitrogens is 1. The fourth-order valence-corrected chi connectivity index (χ4v) is 4.38. The molecule has 10 heteroatoms. The van der Waals surface area contributed by atoms with Crippen LogP contribution in [0.5, 0.6) is 0 Å². The second-order valence-corrected chi connectivity index (χ2v) is 9.06. The van der Waals surface area contributed by atoms with Gasteiger partial charge in [0.15, 0.2) is 5.69 Å². The average molecular weight is 499 g/mol. The number of carbonyl (C=O) groups is 1. The molecule has 1 aromatic carbocycles. The first-order chi connectivity index (χ1) is 14.3. The first-order valence-corrected chi connectivity index (χ1v) is 11.3. The fourth-order valence-electron chi connectivity index (χ4n) is 2.87. The number of anilines is 2. The van der Waals surface area contributed by atoms with Crippen LogP contribution in [0.1, 0.15) is 20.3 Å². The van der Waals surface area contributed by atoms with E-state index in [1.165, 1.54) is 28.3 Å². The van der Waals surface area contributed by atoms with Gasteiger partial charge in [0, 0.05) is 41.7 Å². The number of hydrogen-bond acceptors (Lipinski definition) is 6. The zero-order chi connectivity index (χ0) is 22.3. The second-order valence-electron chi connectivity index (χ2n) is 7.06. The third-order valence-corrected chi connectivity index (χ3v) is 6.29.